The molecule has 3 rings (SSSR count). The van der Waals surface area contributed by atoms with Crippen LogP contribution in [0.5, 0.6) is 0 Å². The lowest BCUT2D eigenvalue weighted by Gasteiger charge is -2.13. The maximum atomic E-state index is 12.5. The molecule has 2 amide bonds. The van der Waals surface area contributed by atoms with E-state index in [1.165, 1.54) is 36.5 Å². The van der Waals surface area contributed by atoms with E-state index in [1.807, 2.05) is 0 Å². The molecule has 0 atom stereocenters. The van der Waals surface area contributed by atoms with Gasteiger partial charge in [0.1, 0.15) is 17.1 Å². The number of hydrogen-bond acceptors (Lipinski definition) is 8. The van der Waals surface area contributed by atoms with E-state index in [4.69, 9.17) is 4.42 Å². The predicted molar refractivity (Wildman–Crippen MR) is 113 cm³/mol. The third-order valence-corrected chi connectivity index (χ3v) is 4.82. The molecule has 2 aromatic heterocycles. The van der Waals surface area contributed by atoms with Crippen molar-refractivity contribution in [1.82, 2.24) is 10.3 Å². The monoisotopic (exact) mass is 429 g/mol. The van der Waals surface area contributed by atoms with Gasteiger partial charge in [0, 0.05) is 38.0 Å². The van der Waals surface area contributed by atoms with Gasteiger partial charge in [-0.1, -0.05) is 0 Å². The van der Waals surface area contributed by atoms with E-state index in [9.17, 15) is 19.7 Å². The molecule has 0 spiro atoms. The second-order valence-electron chi connectivity index (χ2n) is 6.52. The van der Waals surface area contributed by atoms with Crippen LogP contribution in [0.15, 0.2) is 40.1 Å². The Morgan fingerprint density at radius 3 is 2.70 bits per heavy atom. The summed E-state index contributed by atoms with van der Waals surface area (Å²) in [5, 5.41) is 18.6. The Hall–Kier alpha value is -3.73. The van der Waals surface area contributed by atoms with Crippen LogP contribution in [0, 0.1) is 10.1 Å². The molecule has 0 aliphatic heterocycles. The number of nitro benzene ring substituents is 1. The lowest BCUT2D eigenvalue weighted by Crippen LogP contribution is -2.18. The van der Waals surface area contributed by atoms with Crippen LogP contribution in [0.3, 0.4) is 0 Å². The molecule has 2 N–H and O–H groups in total. The number of anilines is 2. The average Bonchev–Trinajstić information content (AvgIpc) is 3.35. The second-order valence-corrected chi connectivity index (χ2v) is 7.38. The lowest BCUT2D eigenvalue weighted by atomic mass is 10.1. The van der Waals surface area contributed by atoms with Gasteiger partial charge in [0.2, 0.25) is 5.91 Å². The molecule has 0 aliphatic rings. The number of aromatic nitrogens is 1. The Bertz CT molecular complexity index is 1100. The Labute approximate surface area is 175 Å². The molecule has 0 saturated heterocycles. The molecule has 3 aromatic rings. The fraction of sp³-hybridized carbons (Fsp3) is 0.211. The third-order valence-electron chi connectivity index (χ3n) is 4.07. The number of carbonyl (C=O) groups excluding carboxylic acids is 2. The van der Waals surface area contributed by atoms with E-state index >= 15 is 0 Å². The van der Waals surface area contributed by atoms with Crippen molar-refractivity contribution in [2.24, 2.45) is 0 Å². The van der Waals surface area contributed by atoms with Gasteiger partial charge >= 0.3 is 0 Å². The standard InChI is InChI=1S/C19H19N5O5S/c1-11(25)20-9-13-5-7-17(29-13)14-10-30-19(21-14)22-18(26)12-4-6-15(23(2)3)16(8-12)24(27)28/h4-8,10H,9H2,1-3H3,(H,20,25)(H,21,22,26). The molecule has 0 saturated carbocycles. The van der Waals surface area contributed by atoms with Crippen molar-refractivity contribution in [3.05, 3.63) is 57.1 Å². The summed E-state index contributed by atoms with van der Waals surface area (Å²) in [5.74, 6) is 0.408. The molecule has 156 valence electrons. The Kier molecular flexibility index (Phi) is 6.11. The van der Waals surface area contributed by atoms with E-state index in [0.29, 0.717) is 28.0 Å². The highest BCUT2D eigenvalue weighted by Crippen LogP contribution is 2.29. The van der Waals surface area contributed by atoms with Crippen molar-refractivity contribution >= 4 is 39.7 Å². The number of nitrogens with one attached hydrogen (secondary N) is 2. The Balaban J connectivity index is 1.73. The summed E-state index contributed by atoms with van der Waals surface area (Å²) >= 11 is 1.20. The van der Waals surface area contributed by atoms with Gasteiger partial charge in [-0.2, -0.15) is 0 Å². The first-order valence-electron chi connectivity index (χ1n) is 8.80. The molecule has 11 heteroatoms. The number of carbonyl (C=O) groups is 2. The number of benzene rings is 1. The number of nitrogens with zero attached hydrogens (tertiary/aromatic N) is 3. The highest BCUT2D eigenvalue weighted by Gasteiger charge is 2.20. The third kappa shape index (κ3) is 4.81. The molecule has 0 radical (unpaired) electrons. The second kappa shape index (κ2) is 8.74. The van der Waals surface area contributed by atoms with Crippen molar-refractivity contribution in [2.75, 3.05) is 24.3 Å². The van der Waals surface area contributed by atoms with Gasteiger partial charge in [0.15, 0.2) is 10.9 Å². The molecule has 30 heavy (non-hydrogen) atoms. The number of nitro groups is 1. The van der Waals surface area contributed by atoms with E-state index < -0.39 is 10.8 Å². The summed E-state index contributed by atoms with van der Waals surface area (Å²) in [6, 6.07) is 7.74. The summed E-state index contributed by atoms with van der Waals surface area (Å²) in [5.41, 5.74) is 0.925. The summed E-state index contributed by atoms with van der Waals surface area (Å²) in [7, 11) is 3.38. The quantitative estimate of drug-likeness (QED) is 0.435. The smallest absolute Gasteiger partial charge is 0.293 e. The minimum atomic E-state index is -0.525. The molecular weight excluding hydrogens is 410 g/mol. The van der Waals surface area contributed by atoms with E-state index in [-0.39, 0.29) is 23.7 Å². The van der Waals surface area contributed by atoms with Gasteiger partial charge in [0.05, 0.1) is 11.5 Å². The molecular formula is C19H19N5O5S. The minimum Gasteiger partial charge on any atom is -0.458 e. The minimum absolute atomic E-state index is 0.152. The Morgan fingerprint density at radius 2 is 2.03 bits per heavy atom. The predicted octanol–water partition coefficient (Wildman–Crippen LogP) is 3.27. The zero-order valence-electron chi connectivity index (χ0n) is 16.5. The first-order valence-corrected chi connectivity index (χ1v) is 9.68. The fourth-order valence-electron chi connectivity index (χ4n) is 2.62. The Morgan fingerprint density at radius 1 is 1.27 bits per heavy atom. The maximum Gasteiger partial charge on any atom is 0.293 e. The summed E-state index contributed by atoms with van der Waals surface area (Å²) < 4.78 is 5.64. The molecule has 0 aliphatic carbocycles. The molecule has 0 bridgehead atoms. The number of rotatable bonds is 7. The SMILES string of the molecule is CC(=O)NCc1ccc(-c2csc(NC(=O)c3ccc(N(C)C)c([N+](=O)[O-])c3)n2)o1. The lowest BCUT2D eigenvalue weighted by molar-refractivity contribution is -0.384. The van der Waals surface area contributed by atoms with Crippen LogP contribution in [0.4, 0.5) is 16.5 Å². The van der Waals surface area contributed by atoms with Gasteiger partial charge in [-0.25, -0.2) is 4.98 Å². The highest BCUT2D eigenvalue weighted by atomic mass is 32.1. The van der Waals surface area contributed by atoms with Gasteiger partial charge in [-0.3, -0.25) is 25.0 Å². The number of thiazole rings is 1. The molecule has 1 aromatic carbocycles. The van der Waals surface area contributed by atoms with Crippen molar-refractivity contribution in [3.8, 4) is 11.5 Å². The molecule has 0 fully saturated rings. The number of amides is 2. The normalized spacial score (nSPS) is 10.5. The van der Waals surface area contributed by atoms with Gasteiger partial charge in [0.25, 0.3) is 11.6 Å². The van der Waals surface area contributed by atoms with Gasteiger partial charge in [-0.05, 0) is 24.3 Å². The fourth-order valence-corrected chi connectivity index (χ4v) is 3.32. The van der Waals surface area contributed by atoms with Crippen LogP contribution in [0.1, 0.15) is 23.0 Å². The van der Waals surface area contributed by atoms with Crippen molar-refractivity contribution < 1.29 is 18.9 Å². The summed E-state index contributed by atoms with van der Waals surface area (Å²) in [6.45, 7) is 1.69. The van der Waals surface area contributed by atoms with Crippen LogP contribution >= 0.6 is 11.3 Å². The van der Waals surface area contributed by atoms with Crippen LogP contribution < -0.4 is 15.5 Å². The van der Waals surface area contributed by atoms with Crippen molar-refractivity contribution in [3.63, 3.8) is 0 Å². The van der Waals surface area contributed by atoms with Crippen LogP contribution in [0.25, 0.3) is 11.5 Å². The van der Waals surface area contributed by atoms with E-state index in [0.717, 1.165) is 0 Å². The average molecular weight is 429 g/mol. The zero-order chi connectivity index (χ0) is 21.8. The summed E-state index contributed by atoms with van der Waals surface area (Å²) in [4.78, 5) is 40.2. The first-order chi connectivity index (χ1) is 14.2. The largest absolute Gasteiger partial charge is 0.458 e. The first kappa shape index (κ1) is 21.0. The topological polar surface area (TPSA) is 131 Å². The van der Waals surface area contributed by atoms with Crippen molar-refractivity contribution in [2.45, 2.75) is 13.5 Å². The van der Waals surface area contributed by atoms with Gasteiger partial charge in [-0.15, -0.1) is 11.3 Å². The molecule has 0 unspecified atom stereocenters. The van der Waals surface area contributed by atoms with E-state index in [1.54, 1.807) is 36.5 Å². The van der Waals surface area contributed by atoms with E-state index in [2.05, 4.69) is 15.6 Å². The number of furan rings is 1. The number of hydrogen-bond donors (Lipinski definition) is 2. The van der Waals surface area contributed by atoms with Crippen LogP contribution in [-0.4, -0.2) is 35.8 Å². The zero-order valence-corrected chi connectivity index (χ0v) is 17.3. The van der Waals surface area contributed by atoms with Crippen LogP contribution in [0.2, 0.25) is 0 Å². The van der Waals surface area contributed by atoms with Crippen molar-refractivity contribution in [1.29, 1.82) is 0 Å². The highest BCUT2D eigenvalue weighted by molar-refractivity contribution is 7.14. The molecule has 2 heterocycles. The summed E-state index contributed by atoms with van der Waals surface area (Å²) in [6.07, 6.45) is 0. The maximum absolute atomic E-state index is 12.5. The van der Waals surface area contributed by atoms with Gasteiger partial charge < -0.3 is 14.6 Å². The molecule has 10 nitrogen and oxygen atoms in total. The van der Waals surface area contributed by atoms with Crippen LogP contribution in [-0.2, 0) is 11.3 Å².